The average Bonchev–Trinajstić information content (AvgIpc) is 2.70. The van der Waals surface area contributed by atoms with E-state index in [1.54, 1.807) is 14.2 Å². The lowest BCUT2D eigenvalue weighted by atomic mass is 9.97. The summed E-state index contributed by atoms with van der Waals surface area (Å²) in [6, 6.07) is 6.68. The molecule has 2 rings (SSSR count). The number of ether oxygens (including phenoxy) is 2. The third-order valence-electron chi connectivity index (χ3n) is 5.22. The number of likely N-dealkylation sites (tertiary alicyclic amines) is 1. The summed E-state index contributed by atoms with van der Waals surface area (Å²) in [4.78, 5) is 6.93. The van der Waals surface area contributed by atoms with Crippen LogP contribution in [0.15, 0.2) is 23.2 Å². The molecule has 0 aliphatic carbocycles. The first-order valence-corrected chi connectivity index (χ1v) is 9.96. The van der Waals surface area contributed by atoms with E-state index < -0.39 is 0 Å². The zero-order valence-corrected chi connectivity index (χ0v) is 20.3. The first kappa shape index (κ1) is 24.8. The van der Waals surface area contributed by atoms with Crippen LogP contribution in [-0.2, 0) is 6.42 Å². The quantitative estimate of drug-likeness (QED) is 0.324. The maximum absolute atomic E-state index is 5.37. The number of benzene rings is 1. The minimum Gasteiger partial charge on any atom is -0.493 e. The van der Waals surface area contributed by atoms with Crippen molar-refractivity contribution in [1.82, 2.24) is 15.5 Å². The first-order chi connectivity index (χ1) is 13.1. The second-order valence-corrected chi connectivity index (χ2v) is 7.42. The lowest BCUT2D eigenvalue weighted by Crippen LogP contribution is -2.46. The smallest absolute Gasteiger partial charge is 0.190 e. The maximum Gasteiger partial charge on any atom is 0.190 e. The lowest BCUT2D eigenvalue weighted by Gasteiger charge is -2.35. The third-order valence-corrected chi connectivity index (χ3v) is 5.22. The van der Waals surface area contributed by atoms with Crippen molar-refractivity contribution in [1.29, 1.82) is 0 Å². The average molecular weight is 504 g/mol. The van der Waals surface area contributed by atoms with Gasteiger partial charge in [-0.1, -0.05) is 6.07 Å². The Morgan fingerprint density at radius 3 is 2.61 bits per heavy atom. The van der Waals surface area contributed by atoms with E-state index in [1.165, 1.54) is 31.5 Å². The van der Waals surface area contributed by atoms with E-state index in [0.717, 1.165) is 37.0 Å². The molecule has 2 N–H and O–H groups in total. The summed E-state index contributed by atoms with van der Waals surface area (Å²) >= 11 is 0. The highest BCUT2D eigenvalue weighted by atomic mass is 127. The Bertz CT molecular complexity index is 610. The highest BCUT2D eigenvalue weighted by Crippen LogP contribution is 2.27. The summed E-state index contributed by atoms with van der Waals surface area (Å²) in [7, 11) is 5.14. The van der Waals surface area contributed by atoms with Gasteiger partial charge in [0, 0.05) is 32.7 Å². The fourth-order valence-corrected chi connectivity index (χ4v) is 3.56. The zero-order chi connectivity index (χ0) is 19.6. The van der Waals surface area contributed by atoms with Gasteiger partial charge >= 0.3 is 0 Å². The molecule has 1 aliphatic rings. The van der Waals surface area contributed by atoms with Crippen molar-refractivity contribution in [3.63, 3.8) is 0 Å². The Labute approximate surface area is 187 Å². The normalized spacial score (nSPS) is 17.8. The molecular weight excluding hydrogens is 467 g/mol. The Morgan fingerprint density at radius 1 is 1.21 bits per heavy atom. The third kappa shape index (κ3) is 7.66. The Hall–Kier alpha value is -1.22. The van der Waals surface area contributed by atoms with E-state index >= 15 is 0 Å². The second kappa shape index (κ2) is 13.1. The van der Waals surface area contributed by atoms with Gasteiger partial charge in [-0.2, -0.15) is 0 Å². The summed E-state index contributed by atoms with van der Waals surface area (Å²) in [6.45, 7) is 8.76. The number of methoxy groups -OCH3 is 2. The zero-order valence-electron chi connectivity index (χ0n) is 18.0. The number of piperidine rings is 1. The standard InChI is InChI=1S/C21H36N4O2.HI/c1-16(2)25-12-6-7-18(15-25)14-24-21(22-3)23-11-10-17-8-9-19(26-4)20(13-17)27-5;/h8-9,13,16,18H,6-7,10-12,14-15H2,1-5H3,(H2,22,23,24);1H. The van der Waals surface area contributed by atoms with Gasteiger partial charge in [-0.25, -0.2) is 0 Å². The SMILES string of the molecule is CN=C(NCCc1ccc(OC)c(OC)c1)NCC1CCCN(C(C)C)C1.I. The van der Waals surface area contributed by atoms with Crippen LogP contribution in [0, 0.1) is 5.92 Å². The number of rotatable bonds is 8. The molecule has 1 unspecified atom stereocenters. The molecule has 28 heavy (non-hydrogen) atoms. The number of guanidine groups is 1. The van der Waals surface area contributed by atoms with Crippen LogP contribution < -0.4 is 20.1 Å². The number of halogens is 1. The van der Waals surface area contributed by atoms with E-state index in [-0.39, 0.29) is 24.0 Å². The molecule has 1 atom stereocenters. The van der Waals surface area contributed by atoms with Gasteiger partial charge in [0.05, 0.1) is 14.2 Å². The first-order valence-electron chi connectivity index (χ1n) is 9.96. The molecule has 0 saturated carbocycles. The fourth-order valence-electron chi connectivity index (χ4n) is 3.56. The highest BCUT2D eigenvalue weighted by Gasteiger charge is 2.21. The fraction of sp³-hybridized carbons (Fsp3) is 0.667. The Kier molecular flexibility index (Phi) is 11.6. The minimum absolute atomic E-state index is 0. The number of nitrogens with zero attached hydrogens (tertiary/aromatic N) is 2. The predicted molar refractivity (Wildman–Crippen MR) is 127 cm³/mol. The molecule has 0 radical (unpaired) electrons. The number of aliphatic imine (C=N–C) groups is 1. The van der Waals surface area contributed by atoms with Gasteiger partial charge in [0.15, 0.2) is 17.5 Å². The molecule has 0 spiro atoms. The topological polar surface area (TPSA) is 58.1 Å². The molecule has 1 saturated heterocycles. The van der Waals surface area contributed by atoms with Crippen LogP contribution in [-0.4, -0.2) is 64.3 Å². The van der Waals surface area contributed by atoms with Gasteiger partial charge in [0.2, 0.25) is 0 Å². The second-order valence-electron chi connectivity index (χ2n) is 7.42. The predicted octanol–water partition coefficient (Wildman–Crippen LogP) is 3.15. The molecule has 6 nitrogen and oxygen atoms in total. The molecule has 0 aromatic heterocycles. The lowest BCUT2D eigenvalue weighted by molar-refractivity contribution is 0.141. The van der Waals surface area contributed by atoms with Crippen molar-refractivity contribution in [2.45, 2.75) is 39.2 Å². The number of hydrogen-bond donors (Lipinski definition) is 2. The van der Waals surface area contributed by atoms with Crippen molar-refractivity contribution >= 4 is 29.9 Å². The van der Waals surface area contributed by atoms with E-state index in [1.807, 2.05) is 19.2 Å². The van der Waals surface area contributed by atoms with Crippen molar-refractivity contribution in [2.75, 3.05) is 47.4 Å². The van der Waals surface area contributed by atoms with Crippen LogP contribution in [0.4, 0.5) is 0 Å². The Balaban J connectivity index is 0.00000392. The molecular formula is C21H37IN4O2. The summed E-state index contributed by atoms with van der Waals surface area (Å²) in [5, 5.41) is 6.90. The van der Waals surface area contributed by atoms with Crippen molar-refractivity contribution in [2.24, 2.45) is 10.9 Å². The van der Waals surface area contributed by atoms with E-state index in [2.05, 4.69) is 40.4 Å². The molecule has 0 amide bonds. The molecule has 7 heteroatoms. The van der Waals surface area contributed by atoms with Crippen LogP contribution in [0.5, 0.6) is 11.5 Å². The van der Waals surface area contributed by atoms with Crippen LogP contribution in [0.1, 0.15) is 32.3 Å². The summed E-state index contributed by atoms with van der Waals surface area (Å²) in [5.74, 6) is 3.09. The van der Waals surface area contributed by atoms with Crippen LogP contribution >= 0.6 is 24.0 Å². The summed E-state index contributed by atoms with van der Waals surface area (Å²) in [5.41, 5.74) is 1.20. The summed E-state index contributed by atoms with van der Waals surface area (Å²) in [6.07, 6.45) is 3.47. The van der Waals surface area contributed by atoms with E-state index in [4.69, 9.17) is 9.47 Å². The Morgan fingerprint density at radius 2 is 1.96 bits per heavy atom. The van der Waals surface area contributed by atoms with Crippen LogP contribution in [0.2, 0.25) is 0 Å². The van der Waals surface area contributed by atoms with Crippen LogP contribution in [0.25, 0.3) is 0 Å². The molecule has 0 bridgehead atoms. The molecule has 1 aliphatic heterocycles. The molecule has 160 valence electrons. The molecule has 1 aromatic rings. The van der Waals surface area contributed by atoms with Crippen molar-refractivity contribution in [3.8, 4) is 11.5 Å². The maximum atomic E-state index is 5.37. The van der Waals surface area contributed by atoms with E-state index in [0.29, 0.717) is 12.0 Å². The molecule has 1 aromatic carbocycles. The number of nitrogens with one attached hydrogen (secondary N) is 2. The van der Waals surface area contributed by atoms with Gasteiger partial charge in [-0.3, -0.25) is 4.99 Å². The van der Waals surface area contributed by atoms with Gasteiger partial charge in [0.25, 0.3) is 0 Å². The van der Waals surface area contributed by atoms with Crippen molar-refractivity contribution in [3.05, 3.63) is 23.8 Å². The van der Waals surface area contributed by atoms with E-state index in [9.17, 15) is 0 Å². The van der Waals surface area contributed by atoms with Gasteiger partial charge in [0.1, 0.15) is 0 Å². The summed E-state index contributed by atoms with van der Waals surface area (Å²) < 4.78 is 10.7. The molecule has 1 heterocycles. The van der Waals surface area contributed by atoms with Crippen molar-refractivity contribution < 1.29 is 9.47 Å². The highest BCUT2D eigenvalue weighted by molar-refractivity contribution is 14.0. The van der Waals surface area contributed by atoms with Gasteiger partial charge in [-0.05, 0) is 63.3 Å². The number of hydrogen-bond acceptors (Lipinski definition) is 4. The molecule has 1 fully saturated rings. The largest absolute Gasteiger partial charge is 0.493 e. The van der Waals surface area contributed by atoms with Gasteiger partial charge in [-0.15, -0.1) is 24.0 Å². The van der Waals surface area contributed by atoms with Crippen LogP contribution in [0.3, 0.4) is 0 Å². The minimum atomic E-state index is 0. The monoisotopic (exact) mass is 504 g/mol. The van der Waals surface area contributed by atoms with Gasteiger partial charge < -0.3 is 25.0 Å².